The summed E-state index contributed by atoms with van der Waals surface area (Å²) in [6.45, 7) is 2.15. The molecule has 0 bridgehead atoms. The van der Waals surface area contributed by atoms with Crippen molar-refractivity contribution < 1.29 is 14.3 Å². The van der Waals surface area contributed by atoms with Crippen LogP contribution in [0.1, 0.15) is 6.92 Å². The quantitative estimate of drug-likeness (QED) is 0.744. The predicted octanol–water partition coefficient (Wildman–Crippen LogP) is 0.911. The molecule has 0 spiro atoms. The van der Waals surface area contributed by atoms with Crippen molar-refractivity contribution in [2.24, 2.45) is 0 Å². The maximum absolute atomic E-state index is 11.2. The van der Waals surface area contributed by atoms with Crippen LogP contribution in [0.3, 0.4) is 0 Å². The maximum Gasteiger partial charge on any atom is 0.412 e. The molecular formula is C11H14N2O3. The third kappa shape index (κ3) is 4.99. The van der Waals surface area contributed by atoms with Gasteiger partial charge in [0.1, 0.15) is 5.75 Å². The van der Waals surface area contributed by atoms with Crippen LogP contribution in [0.5, 0.6) is 5.75 Å². The normalized spacial score (nSPS) is 9.31. The number of carbonyl (C=O) groups is 2. The fraction of sp³-hybridized carbons (Fsp3) is 0.273. The second kappa shape index (κ2) is 6.44. The van der Waals surface area contributed by atoms with Crippen LogP contribution in [-0.2, 0) is 4.79 Å². The zero-order valence-electron chi connectivity index (χ0n) is 9.03. The summed E-state index contributed by atoms with van der Waals surface area (Å²) in [6, 6.07) is 8.77. The van der Waals surface area contributed by atoms with Crippen molar-refractivity contribution in [3.05, 3.63) is 30.3 Å². The second-order valence-corrected chi connectivity index (χ2v) is 3.11. The van der Waals surface area contributed by atoms with Crippen molar-refractivity contribution >= 4 is 12.0 Å². The van der Waals surface area contributed by atoms with E-state index in [0.29, 0.717) is 18.8 Å². The van der Waals surface area contributed by atoms with Crippen molar-refractivity contribution in [2.75, 3.05) is 13.1 Å². The number of hydrogen-bond donors (Lipinski definition) is 2. The van der Waals surface area contributed by atoms with Gasteiger partial charge in [-0.3, -0.25) is 4.79 Å². The minimum absolute atomic E-state index is 0.127. The lowest BCUT2D eigenvalue weighted by molar-refractivity contribution is -0.118. The standard InChI is InChI=1S/C11H14N2O3/c1-9(14)12-7-8-13-11(15)16-10-5-3-2-4-6-10/h2-6H,7-8H2,1H3,(H,12,14)(H,13,15). The van der Waals surface area contributed by atoms with Crippen LogP contribution in [0.15, 0.2) is 30.3 Å². The van der Waals surface area contributed by atoms with Gasteiger partial charge in [0.05, 0.1) is 0 Å². The summed E-state index contributed by atoms with van der Waals surface area (Å²) in [4.78, 5) is 21.7. The number of para-hydroxylation sites is 1. The molecule has 2 N–H and O–H groups in total. The molecule has 0 fully saturated rings. The van der Waals surface area contributed by atoms with Crippen LogP contribution >= 0.6 is 0 Å². The van der Waals surface area contributed by atoms with E-state index in [1.165, 1.54) is 6.92 Å². The Morgan fingerprint density at radius 3 is 2.38 bits per heavy atom. The van der Waals surface area contributed by atoms with Gasteiger partial charge in [0.25, 0.3) is 0 Å². The molecule has 1 aromatic rings. The number of nitrogens with one attached hydrogen (secondary N) is 2. The molecular weight excluding hydrogens is 208 g/mol. The first-order valence-electron chi connectivity index (χ1n) is 4.93. The average molecular weight is 222 g/mol. The van der Waals surface area contributed by atoms with E-state index in [2.05, 4.69) is 10.6 Å². The highest BCUT2D eigenvalue weighted by Gasteiger charge is 2.02. The van der Waals surface area contributed by atoms with Crippen LogP contribution in [0.2, 0.25) is 0 Å². The first kappa shape index (κ1) is 12.0. The Balaban J connectivity index is 2.19. The largest absolute Gasteiger partial charge is 0.412 e. The molecule has 5 heteroatoms. The molecule has 16 heavy (non-hydrogen) atoms. The lowest BCUT2D eigenvalue weighted by atomic mass is 10.3. The molecule has 0 saturated carbocycles. The van der Waals surface area contributed by atoms with Crippen LogP contribution < -0.4 is 15.4 Å². The molecule has 5 nitrogen and oxygen atoms in total. The fourth-order valence-electron chi connectivity index (χ4n) is 1.03. The third-order valence-electron chi connectivity index (χ3n) is 1.72. The van der Waals surface area contributed by atoms with E-state index in [9.17, 15) is 9.59 Å². The number of benzene rings is 1. The van der Waals surface area contributed by atoms with Crippen LogP contribution in [-0.4, -0.2) is 25.1 Å². The van der Waals surface area contributed by atoms with Crippen molar-refractivity contribution in [3.8, 4) is 5.75 Å². The lowest BCUT2D eigenvalue weighted by Gasteiger charge is -2.06. The second-order valence-electron chi connectivity index (χ2n) is 3.11. The highest BCUT2D eigenvalue weighted by Crippen LogP contribution is 2.07. The fourth-order valence-corrected chi connectivity index (χ4v) is 1.03. The average Bonchev–Trinajstić information content (AvgIpc) is 2.25. The Morgan fingerprint density at radius 1 is 1.12 bits per heavy atom. The molecule has 86 valence electrons. The summed E-state index contributed by atoms with van der Waals surface area (Å²) in [5, 5.41) is 5.07. The highest BCUT2D eigenvalue weighted by atomic mass is 16.6. The molecule has 0 aliphatic carbocycles. The molecule has 1 rings (SSSR count). The van der Waals surface area contributed by atoms with Gasteiger partial charge in [0, 0.05) is 20.0 Å². The Kier molecular flexibility index (Phi) is 4.85. The molecule has 2 amide bonds. The number of carbonyl (C=O) groups excluding carboxylic acids is 2. The summed E-state index contributed by atoms with van der Waals surface area (Å²) < 4.78 is 4.96. The molecule has 0 heterocycles. The molecule has 0 aliphatic heterocycles. The summed E-state index contributed by atoms with van der Waals surface area (Å²) in [6.07, 6.45) is -0.531. The molecule has 0 aliphatic rings. The van der Waals surface area contributed by atoms with Crippen molar-refractivity contribution in [1.82, 2.24) is 10.6 Å². The number of ether oxygens (including phenoxy) is 1. The van der Waals surface area contributed by atoms with Gasteiger partial charge in [-0.2, -0.15) is 0 Å². The van der Waals surface area contributed by atoms with Gasteiger partial charge in [-0.25, -0.2) is 4.79 Å². The van der Waals surface area contributed by atoms with Crippen molar-refractivity contribution in [2.45, 2.75) is 6.92 Å². The number of rotatable bonds is 4. The van der Waals surface area contributed by atoms with Crippen LogP contribution in [0.4, 0.5) is 4.79 Å². The third-order valence-corrected chi connectivity index (χ3v) is 1.72. The van der Waals surface area contributed by atoms with E-state index in [4.69, 9.17) is 4.74 Å². The number of amides is 2. The zero-order valence-corrected chi connectivity index (χ0v) is 9.03. The summed E-state index contributed by atoms with van der Waals surface area (Å²) in [7, 11) is 0. The van der Waals surface area contributed by atoms with Gasteiger partial charge in [-0.1, -0.05) is 18.2 Å². The SMILES string of the molecule is CC(=O)NCCNC(=O)Oc1ccccc1. The minimum atomic E-state index is -0.531. The first-order chi connectivity index (χ1) is 7.68. The van der Waals surface area contributed by atoms with E-state index in [-0.39, 0.29) is 5.91 Å². The van der Waals surface area contributed by atoms with Gasteiger partial charge in [0.15, 0.2) is 0 Å². The molecule has 0 radical (unpaired) electrons. The predicted molar refractivity (Wildman–Crippen MR) is 59.2 cm³/mol. The van der Waals surface area contributed by atoms with Gasteiger partial charge in [-0.15, -0.1) is 0 Å². The van der Waals surface area contributed by atoms with Gasteiger partial charge >= 0.3 is 6.09 Å². The molecule has 1 aromatic carbocycles. The molecule has 0 unspecified atom stereocenters. The zero-order chi connectivity index (χ0) is 11.8. The topological polar surface area (TPSA) is 67.4 Å². The van der Waals surface area contributed by atoms with E-state index in [1.54, 1.807) is 24.3 Å². The molecule has 0 aromatic heterocycles. The van der Waals surface area contributed by atoms with E-state index >= 15 is 0 Å². The monoisotopic (exact) mass is 222 g/mol. The van der Waals surface area contributed by atoms with E-state index in [1.807, 2.05) is 6.07 Å². The van der Waals surface area contributed by atoms with Gasteiger partial charge in [0.2, 0.25) is 5.91 Å². The first-order valence-corrected chi connectivity index (χ1v) is 4.93. The molecule has 0 atom stereocenters. The minimum Gasteiger partial charge on any atom is -0.410 e. The molecule has 0 saturated heterocycles. The summed E-state index contributed by atoms with van der Waals surface area (Å²) in [5.74, 6) is 0.359. The Labute approximate surface area is 93.8 Å². The Morgan fingerprint density at radius 2 is 1.75 bits per heavy atom. The lowest BCUT2D eigenvalue weighted by Crippen LogP contribution is -2.35. The van der Waals surface area contributed by atoms with Crippen molar-refractivity contribution in [1.29, 1.82) is 0 Å². The van der Waals surface area contributed by atoms with Crippen LogP contribution in [0, 0.1) is 0 Å². The van der Waals surface area contributed by atoms with Crippen molar-refractivity contribution in [3.63, 3.8) is 0 Å². The summed E-state index contributed by atoms with van der Waals surface area (Å²) >= 11 is 0. The maximum atomic E-state index is 11.2. The smallest absolute Gasteiger partial charge is 0.410 e. The Bertz CT molecular complexity index is 352. The van der Waals surface area contributed by atoms with Gasteiger partial charge in [-0.05, 0) is 12.1 Å². The highest BCUT2D eigenvalue weighted by molar-refractivity contribution is 5.73. The number of hydrogen-bond acceptors (Lipinski definition) is 3. The van der Waals surface area contributed by atoms with E-state index in [0.717, 1.165) is 0 Å². The summed E-state index contributed by atoms with van der Waals surface area (Å²) in [5.41, 5.74) is 0. The van der Waals surface area contributed by atoms with Crippen LogP contribution in [0.25, 0.3) is 0 Å². The van der Waals surface area contributed by atoms with E-state index < -0.39 is 6.09 Å². The Hall–Kier alpha value is -2.04. The van der Waals surface area contributed by atoms with Gasteiger partial charge < -0.3 is 15.4 Å².